The van der Waals surface area contributed by atoms with Crippen molar-refractivity contribution < 1.29 is 19.4 Å². The highest BCUT2D eigenvalue weighted by atomic mass is 79.9. The number of hydrogen-bond donors (Lipinski definition) is 2. The predicted molar refractivity (Wildman–Crippen MR) is 90.6 cm³/mol. The zero-order valence-corrected chi connectivity index (χ0v) is 15.0. The van der Waals surface area contributed by atoms with Gasteiger partial charge >= 0.3 is 5.97 Å². The van der Waals surface area contributed by atoms with Crippen LogP contribution in [0.2, 0.25) is 0 Å². The fourth-order valence-electron chi connectivity index (χ4n) is 3.00. The van der Waals surface area contributed by atoms with Gasteiger partial charge in [-0.3, -0.25) is 9.59 Å². The highest BCUT2D eigenvalue weighted by Crippen LogP contribution is 2.33. The zero-order valence-electron chi connectivity index (χ0n) is 13.4. The summed E-state index contributed by atoms with van der Waals surface area (Å²) >= 11 is 3.42. The largest absolute Gasteiger partial charge is 0.481 e. The highest BCUT2D eigenvalue weighted by Gasteiger charge is 2.38. The van der Waals surface area contributed by atoms with Crippen molar-refractivity contribution in [1.82, 2.24) is 5.32 Å². The number of nitrogens with one attached hydrogen (secondary N) is 1. The van der Waals surface area contributed by atoms with Crippen LogP contribution in [0.15, 0.2) is 22.7 Å². The number of halogens is 1. The minimum absolute atomic E-state index is 0.0420. The molecular weight excluding hydrogens is 362 g/mol. The summed E-state index contributed by atoms with van der Waals surface area (Å²) in [4.78, 5) is 23.5. The standard InChI is InChI=1S/C17H22BrNO4/c1-11-5-6-14(13(18)9-11)23-12(2)16(22)19-17(10-15(20)21)7-3-4-8-17/h5-6,9,12H,3-4,7-8,10H2,1-2H3,(H,19,22)(H,20,21). The summed E-state index contributed by atoms with van der Waals surface area (Å²) < 4.78 is 6.51. The van der Waals surface area contributed by atoms with E-state index in [1.807, 2.05) is 25.1 Å². The van der Waals surface area contributed by atoms with Crippen molar-refractivity contribution in [1.29, 1.82) is 0 Å². The molecular formula is C17H22BrNO4. The Kier molecular flexibility index (Phi) is 5.68. The third-order valence-electron chi connectivity index (χ3n) is 4.20. The summed E-state index contributed by atoms with van der Waals surface area (Å²) in [7, 11) is 0. The van der Waals surface area contributed by atoms with Crippen LogP contribution in [-0.4, -0.2) is 28.6 Å². The summed E-state index contributed by atoms with van der Waals surface area (Å²) in [5.74, 6) is -0.570. The Balaban J connectivity index is 2.02. The van der Waals surface area contributed by atoms with Crippen LogP contribution < -0.4 is 10.1 Å². The lowest BCUT2D eigenvalue weighted by Crippen LogP contribution is -2.51. The molecule has 23 heavy (non-hydrogen) atoms. The Morgan fingerprint density at radius 2 is 2.04 bits per heavy atom. The van der Waals surface area contributed by atoms with Crippen LogP contribution in [0.25, 0.3) is 0 Å². The number of benzene rings is 1. The third-order valence-corrected chi connectivity index (χ3v) is 4.82. The molecule has 2 rings (SSSR count). The predicted octanol–water partition coefficient (Wildman–Crippen LogP) is 3.43. The van der Waals surface area contributed by atoms with Gasteiger partial charge in [-0.15, -0.1) is 0 Å². The SMILES string of the molecule is Cc1ccc(OC(C)C(=O)NC2(CC(=O)O)CCCC2)c(Br)c1. The van der Waals surface area contributed by atoms with Crippen molar-refractivity contribution in [2.24, 2.45) is 0 Å². The van der Waals surface area contributed by atoms with Crippen LogP contribution in [0.4, 0.5) is 0 Å². The minimum Gasteiger partial charge on any atom is -0.481 e. The van der Waals surface area contributed by atoms with E-state index in [2.05, 4.69) is 21.2 Å². The van der Waals surface area contributed by atoms with Gasteiger partial charge in [0.2, 0.25) is 0 Å². The van der Waals surface area contributed by atoms with Gasteiger partial charge in [0.05, 0.1) is 16.4 Å². The van der Waals surface area contributed by atoms with Gasteiger partial charge < -0.3 is 15.2 Å². The average molecular weight is 384 g/mol. The van der Waals surface area contributed by atoms with E-state index in [1.165, 1.54) is 0 Å². The van der Waals surface area contributed by atoms with Crippen molar-refractivity contribution in [3.63, 3.8) is 0 Å². The van der Waals surface area contributed by atoms with Gasteiger partial charge in [-0.1, -0.05) is 18.9 Å². The maximum atomic E-state index is 12.4. The molecule has 0 radical (unpaired) electrons. The fourth-order valence-corrected chi connectivity index (χ4v) is 3.58. The Bertz CT molecular complexity index is 596. The van der Waals surface area contributed by atoms with Crippen LogP contribution in [0.5, 0.6) is 5.75 Å². The van der Waals surface area contributed by atoms with E-state index in [0.717, 1.165) is 22.9 Å². The molecule has 5 nitrogen and oxygen atoms in total. The number of aryl methyl sites for hydroxylation is 1. The molecule has 1 saturated carbocycles. The fraction of sp³-hybridized carbons (Fsp3) is 0.529. The van der Waals surface area contributed by atoms with Gasteiger partial charge in [0, 0.05) is 0 Å². The number of aliphatic carboxylic acids is 1. The molecule has 1 atom stereocenters. The van der Waals surface area contributed by atoms with Crippen LogP contribution >= 0.6 is 15.9 Å². The maximum Gasteiger partial charge on any atom is 0.305 e. The Morgan fingerprint density at radius 3 is 2.61 bits per heavy atom. The summed E-state index contributed by atoms with van der Waals surface area (Å²) in [6, 6.07) is 5.64. The Labute approximate surface area is 144 Å². The first-order chi connectivity index (χ1) is 10.8. The summed E-state index contributed by atoms with van der Waals surface area (Å²) in [5, 5.41) is 12.0. The first kappa shape index (κ1) is 17.8. The molecule has 2 N–H and O–H groups in total. The lowest BCUT2D eigenvalue weighted by molar-refractivity contribution is -0.139. The first-order valence-corrected chi connectivity index (χ1v) is 8.57. The van der Waals surface area contributed by atoms with E-state index >= 15 is 0 Å². The van der Waals surface area contributed by atoms with Gasteiger partial charge in [-0.25, -0.2) is 0 Å². The van der Waals surface area contributed by atoms with Crippen molar-refractivity contribution in [2.45, 2.75) is 57.6 Å². The van der Waals surface area contributed by atoms with E-state index in [-0.39, 0.29) is 12.3 Å². The van der Waals surface area contributed by atoms with Gasteiger partial charge in [-0.2, -0.15) is 0 Å². The quantitative estimate of drug-likeness (QED) is 0.788. The molecule has 1 amide bonds. The van der Waals surface area contributed by atoms with Crippen molar-refractivity contribution in [2.75, 3.05) is 0 Å². The van der Waals surface area contributed by atoms with E-state index in [1.54, 1.807) is 6.92 Å². The number of carbonyl (C=O) groups excluding carboxylic acids is 1. The molecule has 0 heterocycles. The molecule has 1 aromatic rings. The number of carboxylic acid groups (broad SMARTS) is 1. The second-order valence-electron chi connectivity index (χ2n) is 6.24. The Hall–Kier alpha value is -1.56. The summed E-state index contributed by atoms with van der Waals surface area (Å²) in [6.45, 7) is 3.64. The van der Waals surface area contributed by atoms with Crippen LogP contribution in [-0.2, 0) is 9.59 Å². The first-order valence-electron chi connectivity index (χ1n) is 7.78. The van der Waals surface area contributed by atoms with E-state index in [9.17, 15) is 9.59 Å². The van der Waals surface area contributed by atoms with Gasteiger partial charge in [0.1, 0.15) is 5.75 Å². The lowest BCUT2D eigenvalue weighted by atomic mass is 9.93. The van der Waals surface area contributed by atoms with Crippen molar-refractivity contribution in [3.05, 3.63) is 28.2 Å². The zero-order chi connectivity index (χ0) is 17.0. The molecule has 6 heteroatoms. The van der Waals surface area contributed by atoms with Crippen LogP contribution in [0, 0.1) is 6.92 Å². The average Bonchev–Trinajstić information content (AvgIpc) is 2.89. The highest BCUT2D eigenvalue weighted by molar-refractivity contribution is 9.10. The number of carbonyl (C=O) groups is 2. The second-order valence-corrected chi connectivity index (χ2v) is 7.10. The molecule has 1 fully saturated rings. The molecule has 1 unspecified atom stereocenters. The molecule has 0 saturated heterocycles. The van der Waals surface area contributed by atoms with Crippen molar-refractivity contribution in [3.8, 4) is 5.75 Å². The molecule has 1 aromatic carbocycles. The maximum absolute atomic E-state index is 12.4. The van der Waals surface area contributed by atoms with Gasteiger partial charge in [0.15, 0.2) is 6.10 Å². The normalized spacial score (nSPS) is 17.5. The molecule has 0 bridgehead atoms. The third kappa shape index (κ3) is 4.70. The van der Waals surface area contributed by atoms with E-state index in [0.29, 0.717) is 18.6 Å². The topological polar surface area (TPSA) is 75.6 Å². The van der Waals surface area contributed by atoms with Gasteiger partial charge in [-0.05, 0) is 60.3 Å². The molecule has 126 valence electrons. The number of rotatable bonds is 6. The van der Waals surface area contributed by atoms with Gasteiger partial charge in [0.25, 0.3) is 5.91 Å². The summed E-state index contributed by atoms with van der Waals surface area (Å²) in [5.41, 5.74) is 0.457. The number of ether oxygens (including phenoxy) is 1. The molecule has 1 aliphatic carbocycles. The Morgan fingerprint density at radius 1 is 1.39 bits per heavy atom. The molecule has 0 spiro atoms. The number of hydrogen-bond acceptors (Lipinski definition) is 3. The summed E-state index contributed by atoms with van der Waals surface area (Å²) in [6.07, 6.45) is 2.54. The van der Waals surface area contributed by atoms with E-state index in [4.69, 9.17) is 9.84 Å². The van der Waals surface area contributed by atoms with Crippen LogP contribution in [0.1, 0.15) is 44.6 Å². The molecule has 0 aliphatic heterocycles. The second kappa shape index (κ2) is 7.34. The van der Waals surface area contributed by atoms with E-state index < -0.39 is 17.6 Å². The minimum atomic E-state index is -0.887. The van der Waals surface area contributed by atoms with Crippen LogP contribution in [0.3, 0.4) is 0 Å². The smallest absolute Gasteiger partial charge is 0.305 e. The lowest BCUT2D eigenvalue weighted by Gasteiger charge is -2.30. The molecule has 1 aliphatic rings. The number of amides is 1. The monoisotopic (exact) mass is 383 g/mol. The number of carboxylic acids is 1. The van der Waals surface area contributed by atoms with Crippen molar-refractivity contribution >= 4 is 27.8 Å². The molecule has 0 aromatic heterocycles.